The van der Waals surface area contributed by atoms with Crippen LogP contribution in [0.3, 0.4) is 0 Å². The number of hydrogen-bond acceptors (Lipinski definition) is 4. The molecule has 0 bridgehead atoms. The standard InChI is InChI=1S/C23H25ClN2O2/c1-2-27-21-7-3-4-8-22(21)28-18-11-14-26(15-12-18)16-17-9-10-20(24)19-6-5-13-25-23(17)19/h3-10,13,18H,2,11-12,14-16H2,1H3. The van der Waals surface area contributed by atoms with Crippen molar-refractivity contribution >= 4 is 22.5 Å². The highest BCUT2D eigenvalue weighted by Crippen LogP contribution is 2.30. The van der Waals surface area contributed by atoms with E-state index in [0.717, 1.165) is 59.9 Å². The maximum Gasteiger partial charge on any atom is 0.161 e. The third-order valence-corrected chi connectivity index (χ3v) is 5.50. The van der Waals surface area contributed by atoms with Crippen LogP contribution in [0.4, 0.5) is 0 Å². The van der Waals surface area contributed by atoms with E-state index in [9.17, 15) is 0 Å². The molecule has 1 aliphatic rings. The normalized spacial score (nSPS) is 15.6. The molecule has 1 aromatic heterocycles. The monoisotopic (exact) mass is 396 g/mol. The fourth-order valence-corrected chi connectivity index (χ4v) is 3.97. The molecule has 0 aliphatic carbocycles. The topological polar surface area (TPSA) is 34.6 Å². The summed E-state index contributed by atoms with van der Waals surface area (Å²) in [4.78, 5) is 7.02. The number of ether oxygens (including phenoxy) is 2. The van der Waals surface area contributed by atoms with Gasteiger partial charge in [0.05, 0.1) is 12.1 Å². The molecule has 4 nitrogen and oxygen atoms in total. The highest BCUT2D eigenvalue weighted by atomic mass is 35.5. The summed E-state index contributed by atoms with van der Waals surface area (Å²) >= 11 is 6.32. The average Bonchev–Trinajstić information content (AvgIpc) is 2.73. The lowest BCUT2D eigenvalue weighted by Gasteiger charge is -2.32. The largest absolute Gasteiger partial charge is 0.490 e. The van der Waals surface area contributed by atoms with Crippen molar-refractivity contribution < 1.29 is 9.47 Å². The first kappa shape index (κ1) is 19.0. The fourth-order valence-electron chi connectivity index (χ4n) is 3.75. The molecule has 0 spiro atoms. The second-order valence-electron chi connectivity index (χ2n) is 7.08. The molecule has 1 saturated heterocycles. The first-order chi connectivity index (χ1) is 13.7. The van der Waals surface area contributed by atoms with Gasteiger partial charge in [-0.2, -0.15) is 0 Å². The van der Waals surface area contributed by atoms with Crippen molar-refractivity contribution in [3.63, 3.8) is 0 Å². The number of likely N-dealkylation sites (tertiary alicyclic amines) is 1. The van der Waals surface area contributed by atoms with Crippen LogP contribution in [0.5, 0.6) is 11.5 Å². The number of para-hydroxylation sites is 2. The minimum atomic E-state index is 0.220. The number of aromatic nitrogens is 1. The molecule has 0 radical (unpaired) electrons. The quantitative estimate of drug-likeness (QED) is 0.564. The second-order valence-corrected chi connectivity index (χ2v) is 7.49. The van der Waals surface area contributed by atoms with Gasteiger partial charge in [-0.3, -0.25) is 9.88 Å². The number of rotatable bonds is 6. The number of pyridine rings is 1. The van der Waals surface area contributed by atoms with Gasteiger partial charge in [-0.1, -0.05) is 29.8 Å². The number of hydrogen-bond donors (Lipinski definition) is 0. The molecule has 2 heterocycles. The van der Waals surface area contributed by atoms with Gasteiger partial charge in [0.25, 0.3) is 0 Å². The molecule has 146 valence electrons. The fraction of sp³-hybridized carbons (Fsp3) is 0.348. The Morgan fingerprint density at radius 2 is 1.82 bits per heavy atom. The third kappa shape index (κ3) is 4.23. The summed E-state index contributed by atoms with van der Waals surface area (Å²) in [6, 6.07) is 16.0. The Balaban J connectivity index is 1.38. The SMILES string of the molecule is CCOc1ccccc1OC1CCN(Cc2ccc(Cl)c3cccnc23)CC1. The summed E-state index contributed by atoms with van der Waals surface area (Å²) < 4.78 is 11.9. The predicted octanol–water partition coefficient (Wildman–Crippen LogP) is 5.33. The predicted molar refractivity (Wildman–Crippen MR) is 113 cm³/mol. The lowest BCUT2D eigenvalue weighted by atomic mass is 10.0. The van der Waals surface area contributed by atoms with Gasteiger partial charge >= 0.3 is 0 Å². The van der Waals surface area contributed by atoms with Crippen molar-refractivity contribution in [3.05, 3.63) is 65.3 Å². The summed E-state index contributed by atoms with van der Waals surface area (Å²) in [6.07, 6.45) is 4.05. The van der Waals surface area contributed by atoms with E-state index < -0.39 is 0 Å². The Kier molecular flexibility index (Phi) is 5.98. The van der Waals surface area contributed by atoms with Crippen LogP contribution in [-0.2, 0) is 6.54 Å². The van der Waals surface area contributed by atoms with Crippen LogP contribution in [-0.4, -0.2) is 35.7 Å². The summed E-state index contributed by atoms with van der Waals surface area (Å²) in [5, 5.41) is 1.78. The summed E-state index contributed by atoms with van der Waals surface area (Å²) in [6.45, 7) is 5.51. The Morgan fingerprint density at radius 3 is 2.61 bits per heavy atom. The molecule has 0 saturated carbocycles. The molecule has 3 aromatic rings. The molecule has 5 heteroatoms. The molecule has 1 fully saturated rings. The van der Waals surface area contributed by atoms with Crippen molar-refractivity contribution in [2.24, 2.45) is 0 Å². The first-order valence-corrected chi connectivity index (χ1v) is 10.3. The maximum atomic E-state index is 6.32. The second kappa shape index (κ2) is 8.80. The third-order valence-electron chi connectivity index (χ3n) is 5.17. The van der Waals surface area contributed by atoms with Crippen molar-refractivity contribution in [2.75, 3.05) is 19.7 Å². The van der Waals surface area contributed by atoms with E-state index in [2.05, 4.69) is 16.0 Å². The smallest absolute Gasteiger partial charge is 0.161 e. The Labute approximate surface area is 171 Å². The highest BCUT2D eigenvalue weighted by molar-refractivity contribution is 6.35. The average molecular weight is 397 g/mol. The van der Waals surface area contributed by atoms with E-state index in [1.54, 1.807) is 0 Å². The van der Waals surface area contributed by atoms with Gasteiger partial charge in [0.2, 0.25) is 0 Å². The van der Waals surface area contributed by atoms with Gasteiger partial charge in [0.1, 0.15) is 6.10 Å². The minimum Gasteiger partial charge on any atom is -0.490 e. The van der Waals surface area contributed by atoms with Crippen LogP contribution in [0, 0.1) is 0 Å². The maximum absolute atomic E-state index is 6.32. The summed E-state index contributed by atoms with van der Waals surface area (Å²) in [7, 11) is 0. The van der Waals surface area contributed by atoms with Crippen LogP contribution in [0.2, 0.25) is 5.02 Å². The Morgan fingerprint density at radius 1 is 1.04 bits per heavy atom. The van der Waals surface area contributed by atoms with Gasteiger partial charge in [0.15, 0.2) is 11.5 Å². The van der Waals surface area contributed by atoms with Gasteiger partial charge in [-0.05, 0) is 55.7 Å². The van der Waals surface area contributed by atoms with Crippen molar-refractivity contribution in [3.8, 4) is 11.5 Å². The molecule has 0 N–H and O–H groups in total. The minimum absolute atomic E-state index is 0.220. The molecular weight excluding hydrogens is 372 g/mol. The molecule has 2 aromatic carbocycles. The van der Waals surface area contributed by atoms with Gasteiger partial charge in [-0.15, -0.1) is 0 Å². The molecule has 0 unspecified atom stereocenters. The van der Waals surface area contributed by atoms with Gasteiger partial charge in [-0.25, -0.2) is 0 Å². The zero-order chi connectivity index (χ0) is 19.3. The van der Waals surface area contributed by atoms with E-state index in [1.807, 2.05) is 55.6 Å². The Hall–Kier alpha value is -2.30. The molecular formula is C23H25ClN2O2. The zero-order valence-corrected chi connectivity index (χ0v) is 16.9. The molecule has 0 atom stereocenters. The van der Waals surface area contributed by atoms with E-state index >= 15 is 0 Å². The first-order valence-electron chi connectivity index (χ1n) is 9.87. The van der Waals surface area contributed by atoms with Crippen LogP contribution in [0.1, 0.15) is 25.3 Å². The summed E-state index contributed by atoms with van der Waals surface area (Å²) in [5.41, 5.74) is 2.22. The van der Waals surface area contributed by atoms with E-state index in [1.165, 1.54) is 5.56 Å². The highest BCUT2D eigenvalue weighted by Gasteiger charge is 2.22. The van der Waals surface area contributed by atoms with Gasteiger partial charge in [0, 0.05) is 36.2 Å². The van der Waals surface area contributed by atoms with Crippen LogP contribution >= 0.6 is 11.6 Å². The van der Waals surface area contributed by atoms with E-state index in [-0.39, 0.29) is 6.10 Å². The summed E-state index contributed by atoms with van der Waals surface area (Å²) in [5.74, 6) is 1.67. The van der Waals surface area contributed by atoms with Crippen LogP contribution in [0.15, 0.2) is 54.7 Å². The number of nitrogens with zero attached hydrogens (tertiary/aromatic N) is 2. The molecule has 0 amide bonds. The van der Waals surface area contributed by atoms with Crippen molar-refractivity contribution in [2.45, 2.75) is 32.4 Å². The van der Waals surface area contributed by atoms with Crippen molar-refractivity contribution in [1.82, 2.24) is 9.88 Å². The Bertz CT molecular complexity index is 939. The zero-order valence-electron chi connectivity index (χ0n) is 16.1. The molecule has 4 rings (SSSR count). The number of halogens is 1. The van der Waals surface area contributed by atoms with Crippen molar-refractivity contribution in [1.29, 1.82) is 0 Å². The van der Waals surface area contributed by atoms with E-state index in [0.29, 0.717) is 6.61 Å². The van der Waals surface area contributed by atoms with Gasteiger partial charge < -0.3 is 9.47 Å². The lowest BCUT2D eigenvalue weighted by molar-refractivity contribution is 0.0938. The molecule has 1 aliphatic heterocycles. The number of benzene rings is 2. The van der Waals surface area contributed by atoms with E-state index in [4.69, 9.17) is 21.1 Å². The molecule has 28 heavy (non-hydrogen) atoms. The van der Waals surface area contributed by atoms with Crippen LogP contribution in [0.25, 0.3) is 10.9 Å². The van der Waals surface area contributed by atoms with Crippen LogP contribution < -0.4 is 9.47 Å². The lowest BCUT2D eigenvalue weighted by Crippen LogP contribution is -2.37. The number of piperidine rings is 1. The number of fused-ring (bicyclic) bond motifs is 1.